The van der Waals surface area contributed by atoms with E-state index >= 15 is 0 Å². The molecule has 0 aromatic rings. The predicted molar refractivity (Wildman–Crippen MR) is 45.5 cm³/mol. The van der Waals surface area contributed by atoms with Gasteiger partial charge in [0.1, 0.15) is 18.3 Å². The van der Waals surface area contributed by atoms with Gasteiger partial charge in [0.25, 0.3) is 0 Å². The molecule has 1 saturated heterocycles. The predicted octanol–water partition coefficient (Wildman–Crippen LogP) is -2.08. The summed E-state index contributed by atoms with van der Waals surface area (Å²) in [5, 5.41) is 27.8. The van der Waals surface area contributed by atoms with Crippen molar-refractivity contribution in [1.29, 1.82) is 0 Å². The summed E-state index contributed by atoms with van der Waals surface area (Å²) < 4.78 is 19.4. The van der Waals surface area contributed by atoms with Gasteiger partial charge in [-0.25, -0.2) is 4.57 Å². The number of hydrogen-bond acceptors (Lipinski definition) is 6. The van der Waals surface area contributed by atoms with Crippen LogP contribution in [-0.2, 0) is 13.8 Å². The van der Waals surface area contributed by atoms with Gasteiger partial charge < -0.3 is 29.8 Å². The Hall–Kier alpha value is -0.0500. The molecule has 0 aliphatic carbocycles. The summed E-state index contributed by atoms with van der Waals surface area (Å²) in [5.41, 5.74) is 0. The van der Waals surface area contributed by atoms with Crippen LogP contribution in [0.4, 0.5) is 0 Å². The molecule has 0 saturated carbocycles. The van der Waals surface area contributed by atoms with Crippen molar-refractivity contribution in [1.82, 2.24) is 0 Å². The number of ether oxygens (including phenoxy) is 1. The summed E-state index contributed by atoms with van der Waals surface area (Å²) in [7, 11) is -4.82. The molecule has 8 nitrogen and oxygen atoms in total. The summed E-state index contributed by atoms with van der Waals surface area (Å²) >= 11 is 0. The Morgan fingerprint density at radius 3 is 2.13 bits per heavy atom. The second-order valence-electron chi connectivity index (χ2n) is 3.28. The van der Waals surface area contributed by atoms with E-state index in [0.29, 0.717) is 0 Å². The first-order chi connectivity index (χ1) is 6.72. The molecule has 0 radical (unpaired) electrons. The molecule has 1 aliphatic heterocycles. The lowest BCUT2D eigenvalue weighted by Gasteiger charge is -2.38. The van der Waals surface area contributed by atoms with Gasteiger partial charge in [-0.3, -0.25) is 4.52 Å². The van der Waals surface area contributed by atoms with E-state index in [4.69, 9.17) is 14.5 Å². The van der Waals surface area contributed by atoms with Gasteiger partial charge >= 0.3 is 7.82 Å². The highest BCUT2D eigenvalue weighted by atomic mass is 31.2. The Bertz CT molecular complexity index is 264. The van der Waals surface area contributed by atoms with Gasteiger partial charge in [0.15, 0.2) is 6.29 Å². The van der Waals surface area contributed by atoms with E-state index in [1.165, 1.54) is 6.92 Å². The van der Waals surface area contributed by atoms with Crippen LogP contribution in [0.1, 0.15) is 6.92 Å². The number of aliphatic hydroxyl groups excluding tert-OH is 3. The molecule has 5 N–H and O–H groups in total. The minimum atomic E-state index is -4.82. The first-order valence-electron chi connectivity index (χ1n) is 4.16. The van der Waals surface area contributed by atoms with Crippen molar-refractivity contribution in [3.05, 3.63) is 0 Å². The van der Waals surface area contributed by atoms with Gasteiger partial charge in [-0.1, -0.05) is 0 Å². The molecule has 0 aromatic carbocycles. The molecule has 0 spiro atoms. The van der Waals surface area contributed by atoms with Crippen LogP contribution in [0.2, 0.25) is 0 Å². The van der Waals surface area contributed by atoms with E-state index in [2.05, 4.69) is 4.52 Å². The maximum absolute atomic E-state index is 10.5. The molecule has 9 heteroatoms. The summed E-state index contributed by atoms with van der Waals surface area (Å²) in [6, 6.07) is 0. The molecule has 0 aromatic heterocycles. The third kappa shape index (κ3) is 3.20. The monoisotopic (exact) mass is 244 g/mol. The quantitative estimate of drug-likeness (QED) is 0.349. The minimum Gasteiger partial charge on any atom is -0.388 e. The lowest BCUT2D eigenvalue weighted by atomic mass is 10.0. The molecule has 0 unspecified atom stereocenters. The van der Waals surface area contributed by atoms with Crippen molar-refractivity contribution >= 4 is 7.82 Å². The zero-order chi connectivity index (χ0) is 11.8. The normalized spacial score (nSPS) is 42.9. The Morgan fingerprint density at radius 1 is 1.13 bits per heavy atom. The average molecular weight is 244 g/mol. The van der Waals surface area contributed by atoms with E-state index in [0.717, 1.165) is 0 Å². The molecule has 1 fully saturated rings. The first kappa shape index (κ1) is 13.0. The van der Waals surface area contributed by atoms with Crippen LogP contribution in [0.5, 0.6) is 0 Å². The lowest BCUT2D eigenvalue weighted by molar-refractivity contribution is -0.271. The molecular weight excluding hydrogens is 231 g/mol. The second kappa shape index (κ2) is 4.44. The Labute approximate surface area is 85.3 Å². The SMILES string of the molecule is C[C@@H]1O[C@H](OP(=O)(O)O)[C@@H](O)[C@H](O)[C@@H]1O. The standard InChI is InChI=1S/C6H13O8P/c1-2-3(7)4(8)5(9)6(13-2)14-15(10,11)12/h2-9H,1H3,(H2,10,11,12)/t2-,3+,4+,5-,6+/m0/s1. The molecule has 0 bridgehead atoms. The molecular formula is C6H13O8P. The van der Waals surface area contributed by atoms with Crippen LogP contribution in [0.25, 0.3) is 0 Å². The van der Waals surface area contributed by atoms with Gasteiger partial charge in [-0.2, -0.15) is 0 Å². The van der Waals surface area contributed by atoms with Crippen molar-refractivity contribution < 1.29 is 38.9 Å². The first-order valence-corrected chi connectivity index (χ1v) is 5.69. The van der Waals surface area contributed by atoms with Gasteiger partial charge in [0.05, 0.1) is 6.10 Å². The molecule has 5 atom stereocenters. The molecule has 1 heterocycles. The Morgan fingerprint density at radius 2 is 1.67 bits per heavy atom. The highest BCUT2D eigenvalue weighted by molar-refractivity contribution is 7.46. The van der Waals surface area contributed by atoms with Crippen LogP contribution in [0, 0.1) is 0 Å². The van der Waals surface area contributed by atoms with Crippen LogP contribution < -0.4 is 0 Å². The largest absolute Gasteiger partial charge is 0.472 e. The lowest BCUT2D eigenvalue weighted by Crippen LogP contribution is -2.57. The van der Waals surface area contributed by atoms with Crippen molar-refractivity contribution in [2.75, 3.05) is 0 Å². The van der Waals surface area contributed by atoms with Gasteiger partial charge in [0, 0.05) is 0 Å². The summed E-state index contributed by atoms with van der Waals surface area (Å²) in [6.07, 6.45) is -7.20. The minimum absolute atomic E-state index is 0.903. The van der Waals surface area contributed by atoms with Crippen molar-refractivity contribution in [2.45, 2.75) is 37.6 Å². The van der Waals surface area contributed by atoms with Crippen molar-refractivity contribution in [3.63, 3.8) is 0 Å². The van der Waals surface area contributed by atoms with Gasteiger partial charge in [-0.05, 0) is 6.92 Å². The fourth-order valence-electron chi connectivity index (χ4n) is 1.24. The highest BCUT2D eigenvalue weighted by Crippen LogP contribution is 2.40. The number of aliphatic hydroxyl groups is 3. The molecule has 1 aliphatic rings. The maximum atomic E-state index is 10.5. The van der Waals surface area contributed by atoms with E-state index in [1.54, 1.807) is 0 Å². The third-order valence-electron chi connectivity index (χ3n) is 2.05. The molecule has 1 rings (SSSR count). The topological polar surface area (TPSA) is 137 Å². The van der Waals surface area contributed by atoms with Gasteiger partial charge in [0.2, 0.25) is 0 Å². The molecule has 0 amide bonds. The number of rotatable bonds is 2. The van der Waals surface area contributed by atoms with Crippen LogP contribution in [0.3, 0.4) is 0 Å². The fourth-order valence-corrected chi connectivity index (χ4v) is 1.68. The van der Waals surface area contributed by atoms with Crippen LogP contribution in [0.15, 0.2) is 0 Å². The number of phosphoric acid groups is 1. The Balaban J connectivity index is 2.71. The zero-order valence-electron chi connectivity index (χ0n) is 7.79. The van der Waals surface area contributed by atoms with E-state index in [9.17, 15) is 19.9 Å². The molecule has 15 heavy (non-hydrogen) atoms. The summed E-state index contributed by atoms with van der Waals surface area (Å²) in [5.74, 6) is 0. The van der Waals surface area contributed by atoms with E-state index < -0.39 is 38.5 Å². The van der Waals surface area contributed by atoms with Crippen LogP contribution in [-0.4, -0.2) is 55.8 Å². The second-order valence-corrected chi connectivity index (χ2v) is 4.47. The van der Waals surface area contributed by atoms with Crippen molar-refractivity contribution in [3.8, 4) is 0 Å². The van der Waals surface area contributed by atoms with Gasteiger partial charge in [-0.15, -0.1) is 0 Å². The fraction of sp³-hybridized carbons (Fsp3) is 1.00. The van der Waals surface area contributed by atoms with Crippen LogP contribution >= 0.6 is 7.82 Å². The number of hydrogen-bond donors (Lipinski definition) is 5. The Kier molecular flexibility index (Phi) is 3.85. The van der Waals surface area contributed by atoms with Crippen molar-refractivity contribution in [2.24, 2.45) is 0 Å². The third-order valence-corrected chi connectivity index (χ3v) is 2.53. The number of phosphoric ester groups is 1. The highest BCUT2D eigenvalue weighted by Gasteiger charge is 2.44. The van der Waals surface area contributed by atoms with E-state index in [1.807, 2.05) is 0 Å². The van der Waals surface area contributed by atoms with E-state index in [-0.39, 0.29) is 0 Å². The summed E-state index contributed by atoms with van der Waals surface area (Å²) in [6.45, 7) is 1.37. The average Bonchev–Trinajstić information content (AvgIpc) is 2.08. The summed E-state index contributed by atoms with van der Waals surface area (Å²) in [4.78, 5) is 17.0. The zero-order valence-corrected chi connectivity index (χ0v) is 8.69. The smallest absolute Gasteiger partial charge is 0.388 e. The molecule has 90 valence electrons. The maximum Gasteiger partial charge on any atom is 0.472 e.